The molecular formula is C17H19ClN4O4. The number of aromatic amines is 2. The number of rotatable bonds is 5. The van der Waals surface area contributed by atoms with Crippen LogP contribution >= 0.6 is 11.6 Å². The van der Waals surface area contributed by atoms with Gasteiger partial charge in [-0.2, -0.15) is 0 Å². The summed E-state index contributed by atoms with van der Waals surface area (Å²) in [5.74, 6) is 0.107. The van der Waals surface area contributed by atoms with E-state index in [9.17, 15) is 14.4 Å². The second-order valence-corrected chi connectivity index (χ2v) is 6.65. The van der Waals surface area contributed by atoms with Crippen molar-refractivity contribution < 1.29 is 9.53 Å². The van der Waals surface area contributed by atoms with Gasteiger partial charge >= 0.3 is 5.69 Å². The maximum atomic E-state index is 12.2. The molecule has 2 aromatic rings. The predicted octanol–water partition coefficient (Wildman–Crippen LogP) is 0.985. The summed E-state index contributed by atoms with van der Waals surface area (Å²) >= 11 is 6.20. The normalized spacial score (nSPS) is 13.9. The zero-order valence-corrected chi connectivity index (χ0v) is 14.9. The largest absolute Gasteiger partial charge is 0.491 e. The average molecular weight is 379 g/mol. The molecule has 26 heavy (non-hydrogen) atoms. The van der Waals surface area contributed by atoms with Gasteiger partial charge in [-0.3, -0.25) is 14.6 Å². The molecule has 0 saturated carbocycles. The van der Waals surface area contributed by atoms with Crippen LogP contribution in [0.4, 0.5) is 5.69 Å². The standard InChI is InChI=1S/C17H19ClN4O4/c1-8(20-16(24)14-13(19)15(23)22-17(25)21-14)7-26-12-6-5-11(18)9-3-2-4-10(9)12/h5-6,8H,2-4,7,19H2,1H3,(H,20,24)(H2,21,22,23,25)/t8-/m1/s1. The number of hydrogen-bond acceptors (Lipinski definition) is 5. The summed E-state index contributed by atoms with van der Waals surface area (Å²) in [6, 6.07) is 3.26. The third-order valence-electron chi connectivity index (χ3n) is 4.26. The summed E-state index contributed by atoms with van der Waals surface area (Å²) < 4.78 is 5.84. The molecular weight excluding hydrogens is 360 g/mol. The van der Waals surface area contributed by atoms with Crippen LogP contribution in [0.25, 0.3) is 0 Å². The van der Waals surface area contributed by atoms with Gasteiger partial charge in [-0.05, 0) is 49.4 Å². The first-order valence-electron chi connectivity index (χ1n) is 8.22. The number of fused-ring (bicyclic) bond motifs is 1. The second kappa shape index (κ2) is 7.25. The summed E-state index contributed by atoms with van der Waals surface area (Å²) in [4.78, 5) is 39.2. The van der Waals surface area contributed by atoms with Crippen molar-refractivity contribution in [2.45, 2.75) is 32.2 Å². The molecule has 1 atom stereocenters. The van der Waals surface area contributed by atoms with Gasteiger partial charge in [0.2, 0.25) is 0 Å². The zero-order valence-electron chi connectivity index (χ0n) is 14.1. The fourth-order valence-corrected chi connectivity index (χ4v) is 3.26. The van der Waals surface area contributed by atoms with E-state index < -0.39 is 17.2 Å². The smallest absolute Gasteiger partial charge is 0.326 e. The fourth-order valence-electron chi connectivity index (χ4n) is 2.99. The highest BCUT2D eigenvalue weighted by molar-refractivity contribution is 6.31. The number of benzene rings is 1. The SMILES string of the molecule is C[C@H](COc1ccc(Cl)c2c1CCC2)NC(=O)c1[nH]c(=O)[nH]c(=O)c1N. The second-order valence-electron chi connectivity index (χ2n) is 6.24. The van der Waals surface area contributed by atoms with E-state index in [1.165, 1.54) is 0 Å². The molecule has 8 nitrogen and oxygen atoms in total. The molecule has 0 aliphatic heterocycles. The van der Waals surface area contributed by atoms with Crippen LogP contribution in [0.3, 0.4) is 0 Å². The number of nitrogen functional groups attached to an aromatic ring is 1. The Kier molecular flexibility index (Phi) is 5.03. The third kappa shape index (κ3) is 3.60. The van der Waals surface area contributed by atoms with Crippen LogP contribution in [0.5, 0.6) is 5.75 Å². The Morgan fingerprint density at radius 2 is 2.04 bits per heavy atom. The molecule has 1 aliphatic carbocycles. The molecule has 138 valence electrons. The molecule has 1 aromatic carbocycles. The van der Waals surface area contributed by atoms with E-state index in [0.717, 1.165) is 41.2 Å². The lowest BCUT2D eigenvalue weighted by molar-refractivity contribution is 0.0922. The lowest BCUT2D eigenvalue weighted by Gasteiger charge is -2.17. The van der Waals surface area contributed by atoms with Crippen molar-refractivity contribution in [2.24, 2.45) is 0 Å². The van der Waals surface area contributed by atoms with E-state index in [2.05, 4.69) is 10.3 Å². The minimum Gasteiger partial charge on any atom is -0.491 e. The van der Waals surface area contributed by atoms with Crippen molar-refractivity contribution in [3.63, 3.8) is 0 Å². The topological polar surface area (TPSA) is 130 Å². The molecule has 1 heterocycles. The van der Waals surface area contributed by atoms with E-state index >= 15 is 0 Å². The van der Waals surface area contributed by atoms with Gasteiger partial charge in [-0.15, -0.1) is 0 Å². The molecule has 1 aromatic heterocycles. The predicted molar refractivity (Wildman–Crippen MR) is 98.0 cm³/mol. The lowest BCUT2D eigenvalue weighted by Crippen LogP contribution is -2.40. The van der Waals surface area contributed by atoms with Gasteiger partial charge in [-0.25, -0.2) is 4.79 Å². The Bertz CT molecular complexity index is 966. The first kappa shape index (κ1) is 18.1. The van der Waals surface area contributed by atoms with Crippen LogP contribution in [0.2, 0.25) is 5.02 Å². The molecule has 5 N–H and O–H groups in total. The molecule has 1 aliphatic rings. The maximum absolute atomic E-state index is 12.2. The van der Waals surface area contributed by atoms with Gasteiger partial charge in [0.1, 0.15) is 23.7 Å². The maximum Gasteiger partial charge on any atom is 0.326 e. The van der Waals surface area contributed by atoms with Crippen molar-refractivity contribution >= 4 is 23.2 Å². The first-order chi connectivity index (χ1) is 12.4. The van der Waals surface area contributed by atoms with Crippen molar-refractivity contribution in [3.05, 3.63) is 54.8 Å². The Labute approximate surface area is 153 Å². The average Bonchev–Trinajstić information content (AvgIpc) is 3.08. The van der Waals surface area contributed by atoms with Gasteiger partial charge in [0, 0.05) is 5.02 Å². The highest BCUT2D eigenvalue weighted by atomic mass is 35.5. The molecule has 0 spiro atoms. The van der Waals surface area contributed by atoms with E-state index in [-0.39, 0.29) is 24.0 Å². The Morgan fingerprint density at radius 1 is 1.31 bits per heavy atom. The quantitative estimate of drug-likeness (QED) is 0.616. The minimum absolute atomic E-state index is 0.215. The van der Waals surface area contributed by atoms with Gasteiger partial charge in [0.15, 0.2) is 0 Å². The van der Waals surface area contributed by atoms with Crippen LogP contribution < -0.4 is 27.0 Å². The molecule has 0 bridgehead atoms. The number of ether oxygens (including phenoxy) is 1. The molecule has 1 amide bonds. The minimum atomic E-state index is -0.806. The number of nitrogens with one attached hydrogen (secondary N) is 3. The number of anilines is 1. The number of H-pyrrole nitrogens is 2. The van der Waals surface area contributed by atoms with Crippen LogP contribution in [0, 0.1) is 0 Å². The van der Waals surface area contributed by atoms with Crippen molar-refractivity contribution in [1.29, 1.82) is 0 Å². The number of nitrogens with two attached hydrogens (primary N) is 1. The van der Waals surface area contributed by atoms with Gasteiger partial charge in [0.05, 0.1) is 6.04 Å². The van der Waals surface area contributed by atoms with E-state index in [1.54, 1.807) is 6.92 Å². The molecule has 0 saturated heterocycles. The first-order valence-corrected chi connectivity index (χ1v) is 8.60. The van der Waals surface area contributed by atoms with E-state index in [0.29, 0.717) is 0 Å². The number of amides is 1. The summed E-state index contributed by atoms with van der Waals surface area (Å²) in [6.45, 7) is 1.96. The van der Waals surface area contributed by atoms with Gasteiger partial charge in [0.25, 0.3) is 11.5 Å². The fraction of sp³-hybridized carbons (Fsp3) is 0.353. The number of carbonyl (C=O) groups excluding carboxylic acids is 1. The third-order valence-corrected chi connectivity index (χ3v) is 4.61. The van der Waals surface area contributed by atoms with Gasteiger partial charge in [-0.1, -0.05) is 11.6 Å². The monoisotopic (exact) mass is 378 g/mol. The van der Waals surface area contributed by atoms with Crippen molar-refractivity contribution in [3.8, 4) is 5.75 Å². The summed E-state index contributed by atoms with van der Waals surface area (Å²) in [5, 5.41) is 3.40. The molecule has 0 fully saturated rings. The summed E-state index contributed by atoms with van der Waals surface area (Å²) in [7, 11) is 0. The van der Waals surface area contributed by atoms with Crippen LogP contribution in [-0.2, 0) is 12.8 Å². The lowest BCUT2D eigenvalue weighted by atomic mass is 10.1. The number of halogens is 1. The Hall–Kier alpha value is -2.74. The Balaban J connectivity index is 1.66. The molecule has 9 heteroatoms. The van der Waals surface area contributed by atoms with E-state index in [1.807, 2.05) is 17.1 Å². The van der Waals surface area contributed by atoms with Crippen LogP contribution in [0.15, 0.2) is 21.7 Å². The zero-order chi connectivity index (χ0) is 18.8. The van der Waals surface area contributed by atoms with E-state index in [4.69, 9.17) is 22.1 Å². The van der Waals surface area contributed by atoms with Gasteiger partial charge < -0.3 is 20.8 Å². The number of carbonyl (C=O) groups is 1. The highest BCUT2D eigenvalue weighted by Gasteiger charge is 2.20. The Morgan fingerprint density at radius 3 is 2.81 bits per heavy atom. The molecule has 3 rings (SSSR count). The highest BCUT2D eigenvalue weighted by Crippen LogP contribution is 2.35. The number of aromatic nitrogens is 2. The van der Waals surface area contributed by atoms with Crippen molar-refractivity contribution in [2.75, 3.05) is 12.3 Å². The van der Waals surface area contributed by atoms with Crippen molar-refractivity contribution in [1.82, 2.24) is 15.3 Å². The number of hydrogen-bond donors (Lipinski definition) is 4. The molecule has 0 unspecified atom stereocenters. The molecule has 0 radical (unpaired) electrons. The summed E-state index contributed by atoms with van der Waals surface area (Å²) in [6.07, 6.45) is 2.89. The summed E-state index contributed by atoms with van der Waals surface area (Å²) in [5.41, 5.74) is 5.57. The van der Waals surface area contributed by atoms with Crippen LogP contribution in [0.1, 0.15) is 35.0 Å². The van der Waals surface area contributed by atoms with Crippen LogP contribution in [-0.4, -0.2) is 28.5 Å².